The van der Waals surface area contributed by atoms with Gasteiger partial charge in [-0.2, -0.15) is 0 Å². The first-order valence-electron chi connectivity index (χ1n) is 3.62. The van der Waals surface area contributed by atoms with Crippen molar-refractivity contribution in [2.75, 3.05) is 0 Å². The third-order valence-corrected chi connectivity index (χ3v) is 1.92. The summed E-state index contributed by atoms with van der Waals surface area (Å²) in [6, 6.07) is 0. The highest BCUT2D eigenvalue weighted by Gasteiger charge is 2.18. The lowest BCUT2D eigenvalue weighted by molar-refractivity contribution is -0.118. The Morgan fingerprint density at radius 3 is 3.00 bits per heavy atom. The fourth-order valence-corrected chi connectivity index (χ4v) is 1.19. The number of hydrogen-bond acceptors (Lipinski definition) is 1. The average molecular weight is 136 g/mol. The van der Waals surface area contributed by atoms with Crippen LogP contribution in [0.2, 0.25) is 0 Å². The summed E-state index contributed by atoms with van der Waals surface area (Å²) in [5.74, 6) is 0.458. The van der Waals surface area contributed by atoms with Crippen LogP contribution in [0.1, 0.15) is 19.8 Å². The molecule has 10 heavy (non-hydrogen) atoms. The van der Waals surface area contributed by atoms with Gasteiger partial charge in [0.15, 0.2) is 5.78 Å². The molecule has 0 spiro atoms. The van der Waals surface area contributed by atoms with E-state index in [9.17, 15) is 4.79 Å². The van der Waals surface area contributed by atoms with E-state index in [0.717, 1.165) is 18.4 Å². The summed E-state index contributed by atoms with van der Waals surface area (Å²) in [7, 11) is 0. The van der Waals surface area contributed by atoms with E-state index >= 15 is 0 Å². The fourth-order valence-electron chi connectivity index (χ4n) is 1.19. The summed E-state index contributed by atoms with van der Waals surface area (Å²) in [4.78, 5) is 11.2. The minimum Gasteiger partial charge on any atom is -0.294 e. The Labute approximate surface area is 61.4 Å². The zero-order valence-electron chi connectivity index (χ0n) is 6.26. The highest BCUT2D eigenvalue weighted by atomic mass is 16.1. The minimum absolute atomic E-state index is 0.206. The van der Waals surface area contributed by atoms with Gasteiger partial charge < -0.3 is 0 Å². The number of hydrogen-bond donors (Lipinski definition) is 0. The Balaban J connectivity index is 2.81. The fraction of sp³-hybridized carbons (Fsp3) is 0.444. The molecule has 0 fully saturated rings. The van der Waals surface area contributed by atoms with Crippen LogP contribution in [-0.2, 0) is 4.79 Å². The van der Waals surface area contributed by atoms with Gasteiger partial charge in [-0.3, -0.25) is 4.79 Å². The SMILES string of the molecule is C=CC1=CCC[C@@H](C)C1=O. The molecule has 0 N–H and O–H groups in total. The lowest BCUT2D eigenvalue weighted by atomic mass is 9.89. The third-order valence-electron chi connectivity index (χ3n) is 1.92. The molecule has 0 heterocycles. The van der Waals surface area contributed by atoms with Gasteiger partial charge in [0, 0.05) is 11.5 Å². The summed E-state index contributed by atoms with van der Waals surface area (Å²) >= 11 is 0. The molecular formula is C9H12O. The summed E-state index contributed by atoms with van der Waals surface area (Å²) < 4.78 is 0. The molecule has 0 aliphatic heterocycles. The standard InChI is InChI=1S/C9H12O/c1-3-8-6-4-5-7(2)9(8)10/h3,6-7H,1,4-5H2,2H3/t7-/m1/s1. The molecule has 0 aromatic carbocycles. The van der Waals surface area contributed by atoms with Gasteiger partial charge in [-0.15, -0.1) is 0 Å². The topological polar surface area (TPSA) is 17.1 Å². The maximum Gasteiger partial charge on any atom is 0.165 e. The Kier molecular flexibility index (Phi) is 2.05. The highest BCUT2D eigenvalue weighted by molar-refractivity contribution is 5.99. The van der Waals surface area contributed by atoms with Crippen LogP contribution in [0.4, 0.5) is 0 Å². The lowest BCUT2D eigenvalue weighted by Crippen LogP contribution is -2.15. The molecule has 0 aromatic rings. The molecule has 54 valence electrons. The van der Waals surface area contributed by atoms with Gasteiger partial charge in [0.25, 0.3) is 0 Å². The number of allylic oxidation sites excluding steroid dienone is 3. The molecule has 1 rings (SSSR count). The van der Waals surface area contributed by atoms with Gasteiger partial charge in [-0.25, -0.2) is 0 Å². The Bertz CT molecular complexity index is 189. The van der Waals surface area contributed by atoms with Gasteiger partial charge in [-0.1, -0.05) is 25.7 Å². The van der Waals surface area contributed by atoms with Crippen molar-refractivity contribution in [1.29, 1.82) is 0 Å². The van der Waals surface area contributed by atoms with E-state index < -0.39 is 0 Å². The molecule has 1 aliphatic carbocycles. The Morgan fingerprint density at radius 1 is 1.80 bits per heavy atom. The van der Waals surface area contributed by atoms with E-state index in [4.69, 9.17) is 0 Å². The predicted molar refractivity (Wildman–Crippen MR) is 41.7 cm³/mol. The van der Waals surface area contributed by atoms with E-state index in [1.165, 1.54) is 0 Å². The van der Waals surface area contributed by atoms with Gasteiger partial charge >= 0.3 is 0 Å². The van der Waals surface area contributed by atoms with Crippen LogP contribution >= 0.6 is 0 Å². The summed E-state index contributed by atoms with van der Waals surface area (Å²) in [6.07, 6.45) is 5.64. The molecule has 0 aromatic heterocycles. The Morgan fingerprint density at radius 2 is 2.50 bits per heavy atom. The number of rotatable bonds is 1. The van der Waals surface area contributed by atoms with Crippen molar-refractivity contribution in [3.63, 3.8) is 0 Å². The third kappa shape index (κ3) is 1.18. The molecule has 0 amide bonds. The smallest absolute Gasteiger partial charge is 0.165 e. The van der Waals surface area contributed by atoms with Crippen molar-refractivity contribution in [3.05, 3.63) is 24.3 Å². The number of ketones is 1. The van der Waals surface area contributed by atoms with Crippen molar-refractivity contribution >= 4 is 5.78 Å². The van der Waals surface area contributed by atoms with E-state index in [1.54, 1.807) is 6.08 Å². The summed E-state index contributed by atoms with van der Waals surface area (Å²) in [5, 5.41) is 0. The molecule has 1 atom stereocenters. The second kappa shape index (κ2) is 2.82. The summed E-state index contributed by atoms with van der Waals surface area (Å²) in [6.45, 7) is 5.55. The number of carbonyl (C=O) groups excluding carboxylic acids is 1. The first-order valence-corrected chi connectivity index (χ1v) is 3.62. The van der Waals surface area contributed by atoms with Crippen LogP contribution in [0.5, 0.6) is 0 Å². The molecule has 0 bridgehead atoms. The van der Waals surface area contributed by atoms with Crippen LogP contribution < -0.4 is 0 Å². The minimum atomic E-state index is 0.206. The van der Waals surface area contributed by atoms with Crippen LogP contribution in [-0.4, -0.2) is 5.78 Å². The quantitative estimate of drug-likeness (QED) is 0.539. The average Bonchev–Trinajstić information content (AvgIpc) is 1.95. The van der Waals surface area contributed by atoms with Crippen LogP contribution in [0.3, 0.4) is 0 Å². The maximum absolute atomic E-state index is 11.2. The molecular weight excluding hydrogens is 124 g/mol. The molecule has 1 nitrogen and oxygen atoms in total. The van der Waals surface area contributed by atoms with Crippen molar-refractivity contribution in [2.45, 2.75) is 19.8 Å². The second-order valence-electron chi connectivity index (χ2n) is 2.71. The second-order valence-corrected chi connectivity index (χ2v) is 2.71. The zero-order chi connectivity index (χ0) is 7.56. The van der Waals surface area contributed by atoms with Gasteiger partial charge in [0.1, 0.15) is 0 Å². The molecule has 1 heteroatoms. The molecule has 1 aliphatic rings. The van der Waals surface area contributed by atoms with Crippen molar-refractivity contribution < 1.29 is 4.79 Å². The van der Waals surface area contributed by atoms with E-state index in [0.29, 0.717) is 0 Å². The van der Waals surface area contributed by atoms with Crippen LogP contribution in [0.15, 0.2) is 24.3 Å². The molecule has 0 saturated heterocycles. The molecule has 0 saturated carbocycles. The largest absolute Gasteiger partial charge is 0.294 e. The van der Waals surface area contributed by atoms with E-state index in [1.807, 2.05) is 13.0 Å². The zero-order valence-corrected chi connectivity index (χ0v) is 6.26. The highest BCUT2D eigenvalue weighted by Crippen LogP contribution is 2.19. The van der Waals surface area contributed by atoms with Gasteiger partial charge in [-0.05, 0) is 12.8 Å². The van der Waals surface area contributed by atoms with E-state index in [-0.39, 0.29) is 11.7 Å². The van der Waals surface area contributed by atoms with Gasteiger partial charge in [0.2, 0.25) is 0 Å². The van der Waals surface area contributed by atoms with Crippen LogP contribution in [0.25, 0.3) is 0 Å². The van der Waals surface area contributed by atoms with Crippen molar-refractivity contribution in [1.82, 2.24) is 0 Å². The van der Waals surface area contributed by atoms with Crippen LogP contribution in [0, 0.1) is 5.92 Å². The molecule has 0 unspecified atom stereocenters. The van der Waals surface area contributed by atoms with Crippen molar-refractivity contribution in [2.24, 2.45) is 5.92 Å². The molecule has 0 radical (unpaired) electrons. The first-order chi connectivity index (χ1) is 4.75. The monoisotopic (exact) mass is 136 g/mol. The summed E-state index contributed by atoms with van der Waals surface area (Å²) in [5.41, 5.74) is 0.804. The van der Waals surface area contributed by atoms with E-state index in [2.05, 4.69) is 6.58 Å². The Hall–Kier alpha value is -0.850. The first kappa shape index (κ1) is 7.26. The maximum atomic E-state index is 11.2. The predicted octanol–water partition coefficient (Wildman–Crippen LogP) is 2.10. The van der Waals surface area contributed by atoms with Gasteiger partial charge in [0.05, 0.1) is 0 Å². The number of carbonyl (C=O) groups is 1. The lowest BCUT2D eigenvalue weighted by Gasteiger charge is -2.14. The van der Waals surface area contributed by atoms with Crippen molar-refractivity contribution in [3.8, 4) is 0 Å². The normalized spacial score (nSPS) is 25.9. The number of Topliss-reactive ketones (excluding diaryl/α,β-unsaturated/α-hetero) is 1.